The minimum atomic E-state index is 0.203. The molecule has 0 spiro atoms. The first kappa shape index (κ1) is 18.2. The Kier molecular flexibility index (Phi) is 5.20. The van der Waals surface area contributed by atoms with Crippen LogP contribution in [0.4, 0.5) is 0 Å². The van der Waals surface area contributed by atoms with Crippen LogP contribution in [-0.2, 0) is 0 Å². The van der Waals surface area contributed by atoms with Gasteiger partial charge in [0.1, 0.15) is 0 Å². The van der Waals surface area contributed by atoms with Crippen molar-refractivity contribution < 1.29 is 9.47 Å². The molecule has 0 amide bonds. The molecule has 2 heterocycles. The number of fused-ring (bicyclic) bond motifs is 1. The lowest BCUT2D eigenvalue weighted by molar-refractivity contribution is 0.173. The minimum absolute atomic E-state index is 0.203. The van der Waals surface area contributed by atoms with Gasteiger partial charge in [-0.25, -0.2) is 0 Å². The van der Waals surface area contributed by atoms with Gasteiger partial charge in [0.15, 0.2) is 11.5 Å². The summed E-state index contributed by atoms with van der Waals surface area (Å²) in [4.78, 5) is 2.58. The fraction of sp³-hybridized carbons (Fsp3) is 0.280. The lowest BCUT2D eigenvalue weighted by atomic mass is 9.94. The van der Waals surface area contributed by atoms with E-state index in [1.165, 1.54) is 22.3 Å². The predicted molar refractivity (Wildman–Crippen MR) is 115 cm³/mol. The zero-order valence-electron chi connectivity index (χ0n) is 16.5. The number of hydrogen-bond acceptors (Lipinski definition) is 4. The van der Waals surface area contributed by atoms with Crippen molar-refractivity contribution in [3.8, 4) is 22.6 Å². The summed E-state index contributed by atoms with van der Waals surface area (Å²) in [6.45, 7) is 4.51. The highest BCUT2D eigenvalue weighted by molar-refractivity contribution is 5.63. The van der Waals surface area contributed by atoms with E-state index >= 15 is 0 Å². The summed E-state index contributed by atoms with van der Waals surface area (Å²) in [5.74, 6) is 1.69. The Morgan fingerprint density at radius 2 is 1.48 bits per heavy atom. The molecule has 1 N–H and O–H groups in total. The number of nitrogens with one attached hydrogen (secondary N) is 1. The van der Waals surface area contributed by atoms with E-state index in [9.17, 15) is 0 Å². The molecule has 0 radical (unpaired) electrons. The van der Waals surface area contributed by atoms with Crippen LogP contribution in [0.3, 0.4) is 0 Å². The molecule has 4 heteroatoms. The summed E-state index contributed by atoms with van der Waals surface area (Å²) in [6.07, 6.45) is 1.16. The first-order valence-corrected chi connectivity index (χ1v) is 10.4. The van der Waals surface area contributed by atoms with Crippen molar-refractivity contribution in [2.45, 2.75) is 12.5 Å². The second-order valence-electron chi connectivity index (χ2n) is 7.64. The van der Waals surface area contributed by atoms with Gasteiger partial charge in [0.05, 0.1) is 6.04 Å². The van der Waals surface area contributed by atoms with E-state index in [0.717, 1.165) is 44.1 Å². The molecular formula is C25H26N2O2. The van der Waals surface area contributed by atoms with Crippen molar-refractivity contribution in [1.82, 2.24) is 10.2 Å². The number of hydrogen-bond donors (Lipinski definition) is 1. The third-order valence-electron chi connectivity index (χ3n) is 5.79. The highest BCUT2D eigenvalue weighted by Gasteiger charge is 2.25. The fourth-order valence-electron chi connectivity index (χ4n) is 4.31. The molecule has 0 saturated carbocycles. The molecular weight excluding hydrogens is 360 g/mol. The zero-order valence-corrected chi connectivity index (χ0v) is 16.5. The lowest BCUT2D eigenvalue weighted by Crippen LogP contribution is -2.33. The number of nitrogens with zero attached hydrogens (tertiary/aromatic N) is 1. The SMILES string of the molecule is c1ccc(-c2ccc(C(c3ccc4c(c3)OCO4)N3CCCNCC3)cc2)cc1. The van der Waals surface area contributed by atoms with E-state index in [1.54, 1.807) is 0 Å². The Balaban J connectivity index is 1.51. The lowest BCUT2D eigenvalue weighted by Gasteiger charge is -2.31. The molecule has 0 aromatic heterocycles. The Hall–Kier alpha value is -2.82. The standard InChI is InChI=1S/C25H26N2O2/c1-2-5-19(6-3-1)20-7-9-21(10-8-20)25(27-15-4-13-26-14-16-27)22-11-12-23-24(17-22)29-18-28-23/h1-3,5-12,17,25-26H,4,13-16,18H2. The van der Waals surface area contributed by atoms with Gasteiger partial charge < -0.3 is 14.8 Å². The molecule has 4 nitrogen and oxygen atoms in total. The van der Waals surface area contributed by atoms with Crippen LogP contribution in [0.1, 0.15) is 23.6 Å². The van der Waals surface area contributed by atoms with Gasteiger partial charge >= 0.3 is 0 Å². The number of rotatable bonds is 4. The monoisotopic (exact) mass is 386 g/mol. The third kappa shape index (κ3) is 3.86. The zero-order chi connectivity index (χ0) is 19.5. The van der Waals surface area contributed by atoms with Gasteiger partial charge in [0, 0.05) is 19.6 Å². The van der Waals surface area contributed by atoms with E-state index in [4.69, 9.17) is 9.47 Å². The summed E-state index contributed by atoms with van der Waals surface area (Å²) < 4.78 is 11.2. The van der Waals surface area contributed by atoms with Gasteiger partial charge in [-0.15, -0.1) is 0 Å². The molecule has 1 saturated heterocycles. The van der Waals surface area contributed by atoms with Crippen molar-refractivity contribution in [3.05, 3.63) is 83.9 Å². The predicted octanol–water partition coefficient (Wildman–Crippen LogP) is 4.47. The maximum Gasteiger partial charge on any atom is 0.231 e. The van der Waals surface area contributed by atoms with E-state index < -0.39 is 0 Å². The summed E-state index contributed by atoms with van der Waals surface area (Å²) in [5.41, 5.74) is 5.06. The van der Waals surface area contributed by atoms with Crippen molar-refractivity contribution in [2.24, 2.45) is 0 Å². The van der Waals surface area contributed by atoms with Gasteiger partial charge in [-0.05, 0) is 47.4 Å². The third-order valence-corrected chi connectivity index (χ3v) is 5.79. The van der Waals surface area contributed by atoms with E-state index in [0.29, 0.717) is 6.79 Å². The molecule has 1 unspecified atom stereocenters. The first-order chi connectivity index (χ1) is 14.4. The molecule has 3 aromatic rings. The molecule has 5 rings (SSSR count). The second kappa shape index (κ2) is 8.27. The van der Waals surface area contributed by atoms with Crippen LogP contribution < -0.4 is 14.8 Å². The Morgan fingerprint density at radius 3 is 2.34 bits per heavy atom. The van der Waals surface area contributed by atoms with E-state index in [-0.39, 0.29) is 6.04 Å². The van der Waals surface area contributed by atoms with Gasteiger partial charge in [-0.3, -0.25) is 4.90 Å². The van der Waals surface area contributed by atoms with Crippen LogP contribution in [0.2, 0.25) is 0 Å². The number of benzene rings is 3. The molecule has 29 heavy (non-hydrogen) atoms. The van der Waals surface area contributed by atoms with Crippen molar-refractivity contribution in [1.29, 1.82) is 0 Å². The Labute approximate surface area is 172 Å². The summed E-state index contributed by atoms with van der Waals surface area (Å²) in [6, 6.07) is 26.1. The van der Waals surface area contributed by atoms with Gasteiger partial charge in [-0.2, -0.15) is 0 Å². The van der Waals surface area contributed by atoms with Crippen molar-refractivity contribution >= 4 is 0 Å². The molecule has 1 fully saturated rings. The molecule has 0 bridgehead atoms. The van der Waals surface area contributed by atoms with Crippen molar-refractivity contribution in [2.75, 3.05) is 33.0 Å². The van der Waals surface area contributed by atoms with E-state index in [2.05, 4.69) is 76.9 Å². The van der Waals surface area contributed by atoms with Gasteiger partial charge in [0.2, 0.25) is 6.79 Å². The molecule has 3 aromatic carbocycles. The van der Waals surface area contributed by atoms with Gasteiger partial charge in [-0.1, -0.05) is 60.7 Å². The number of ether oxygens (including phenoxy) is 2. The Bertz CT molecular complexity index is 948. The summed E-state index contributed by atoms with van der Waals surface area (Å²) in [7, 11) is 0. The van der Waals surface area contributed by atoms with Crippen LogP contribution in [0.15, 0.2) is 72.8 Å². The Morgan fingerprint density at radius 1 is 0.724 bits per heavy atom. The highest BCUT2D eigenvalue weighted by atomic mass is 16.7. The van der Waals surface area contributed by atoms with E-state index in [1.807, 2.05) is 6.07 Å². The van der Waals surface area contributed by atoms with Gasteiger partial charge in [0.25, 0.3) is 0 Å². The molecule has 1 atom stereocenters. The average Bonchev–Trinajstić information content (AvgIpc) is 3.09. The maximum absolute atomic E-state index is 5.66. The second-order valence-corrected chi connectivity index (χ2v) is 7.64. The molecule has 2 aliphatic heterocycles. The molecule has 0 aliphatic carbocycles. The summed E-state index contributed by atoms with van der Waals surface area (Å²) in [5, 5.41) is 3.52. The largest absolute Gasteiger partial charge is 0.454 e. The average molecular weight is 386 g/mol. The smallest absolute Gasteiger partial charge is 0.231 e. The first-order valence-electron chi connectivity index (χ1n) is 10.4. The topological polar surface area (TPSA) is 33.7 Å². The quantitative estimate of drug-likeness (QED) is 0.717. The minimum Gasteiger partial charge on any atom is -0.454 e. The maximum atomic E-state index is 5.66. The molecule has 2 aliphatic rings. The molecule has 148 valence electrons. The summed E-state index contributed by atoms with van der Waals surface area (Å²) >= 11 is 0. The highest BCUT2D eigenvalue weighted by Crippen LogP contribution is 2.38. The fourth-order valence-corrected chi connectivity index (χ4v) is 4.31. The van der Waals surface area contributed by atoms with Crippen molar-refractivity contribution in [3.63, 3.8) is 0 Å². The van der Waals surface area contributed by atoms with Crippen LogP contribution in [0, 0.1) is 0 Å². The normalized spacial score (nSPS) is 17.7. The van der Waals surface area contributed by atoms with Crippen LogP contribution in [0.5, 0.6) is 11.5 Å². The van der Waals surface area contributed by atoms with Crippen LogP contribution >= 0.6 is 0 Å². The van der Waals surface area contributed by atoms with Crippen LogP contribution in [0.25, 0.3) is 11.1 Å². The van der Waals surface area contributed by atoms with Crippen LogP contribution in [-0.4, -0.2) is 37.9 Å².